The van der Waals surface area contributed by atoms with Crippen molar-refractivity contribution < 1.29 is 4.79 Å². The van der Waals surface area contributed by atoms with Crippen LogP contribution in [0.15, 0.2) is 31.0 Å². The number of likely N-dealkylation sites (N-methyl/N-ethyl adjacent to an activating group) is 1. The number of carbonyl (C=O) groups excluding carboxylic acids is 1. The van der Waals surface area contributed by atoms with Gasteiger partial charge >= 0.3 is 0 Å². The summed E-state index contributed by atoms with van der Waals surface area (Å²) in [5, 5.41) is 7.98. The summed E-state index contributed by atoms with van der Waals surface area (Å²) >= 11 is 0. The smallest absolute Gasteiger partial charge is 0.223 e. The Bertz CT molecular complexity index is 629. The highest BCUT2D eigenvalue weighted by atomic mass is 16.2. The minimum atomic E-state index is 0.132. The van der Waals surface area contributed by atoms with Crippen molar-refractivity contribution in [2.24, 2.45) is 0 Å². The fourth-order valence-electron chi connectivity index (χ4n) is 2.99. The van der Waals surface area contributed by atoms with Crippen LogP contribution in [-0.2, 0) is 11.2 Å². The number of hydrogen-bond acceptors (Lipinski definition) is 6. The number of amides is 1. The summed E-state index contributed by atoms with van der Waals surface area (Å²) in [7, 11) is 4.06. The Morgan fingerprint density at radius 2 is 2.17 bits per heavy atom. The summed E-state index contributed by atoms with van der Waals surface area (Å²) in [4.78, 5) is 24.8. The van der Waals surface area contributed by atoms with Crippen LogP contribution in [-0.4, -0.2) is 73.9 Å². The predicted octanol–water partition coefficient (Wildman–Crippen LogP) is 0.0144. The average Bonchev–Trinajstić information content (AvgIpc) is 3.22. The first-order valence-corrected chi connectivity index (χ1v) is 7.70. The molecule has 0 radical (unpaired) electrons. The van der Waals surface area contributed by atoms with Crippen LogP contribution >= 0.6 is 0 Å². The first-order chi connectivity index (χ1) is 11.1. The van der Waals surface area contributed by atoms with Gasteiger partial charge in [-0.05, 0) is 20.5 Å². The molecule has 23 heavy (non-hydrogen) atoms. The maximum absolute atomic E-state index is 12.5. The fourth-order valence-corrected chi connectivity index (χ4v) is 2.99. The lowest BCUT2D eigenvalue weighted by atomic mass is 10.1. The summed E-state index contributed by atoms with van der Waals surface area (Å²) < 4.78 is 1.85. The van der Waals surface area contributed by atoms with Gasteiger partial charge in [0.25, 0.3) is 0 Å². The topological polar surface area (TPSA) is 80.0 Å². The molecule has 8 heteroatoms. The van der Waals surface area contributed by atoms with E-state index in [-0.39, 0.29) is 18.0 Å². The highest BCUT2D eigenvalue weighted by molar-refractivity contribution is 5.76. The molecule has 1 saturated heterocycles. The minimum Gasteiger partial charge on any atom is -0.339 e. The van der Waals surface area contributed by atoms with Gasteiger partial charge in [-0.2, -0.15) is 0 Å². The van der Waals surface area contributed by atoms with Crippen molar-refractivity contribution in [2.45, 2.75) is 24.9 Å². The van der Waals surface area contributed by atoms with Crippen LogP contribution in [0.4, 0.5) is 0 Å². The molecular weight excluding hydrogens is 294 g/mol. The van der Waals surface area contributed by atoms with Gasteiger partial charge in [0.2, 0.25) is 5.91 Å². The molecule has 2 atom stereocenters. The van der Waals surface area contributed by atoms with Gasteiger partial charge in [0, 0.05) is 44.3 Å². The lowest BCUT2D eigenvalue weighted by Gasteiger charge is -2.24. The maximum atomic E-state index is 12.5. The van der Waals surface area contributed by atoms with Gasteiger partial charge in [-0.15, -0.1) is 5.10 Å². The number of likely N-dealkylation sites (tertiary alicyclic amines) is 1. The second kappa shape index (κ2) is 6.82. The Balaban J connectivity index is 1.63. The number of hydrogen-bond donors (Lipinski definition) is 0. The normalized spacial score (nSPS) is 21.1. The van der Waals surface area contributed by atoms with E-state index < -0.39 is 0 Å². The third-order valence-corrected chi connectivity index (χ3v) is 4.27. The molecule has 1 amide bonds. The van der Waals surface area contributed by atoms with Gasteiger partial charge in [0.1, 0.15) is 0 Å². The average molecular weight is 315 g/mol. The van der Waals surface area contributed by atoms with Gasteiger partial charge in [-0.1, -0.05) is 5.21 Å². The van der Waals surface area contributed by atoms with E-state index >= 15 is 0 Å². The lowest BCUT2D eigenvalue weighted by Crippen LogP contribution is -2.37. The van der Waals surface area contributed by atoms with Crippen molar-refractivity contribution in [3.63, 3.8) is 0 Å². The van der Waals surface area contributed by atoms with Gasteiger partial charge < -0.3 is 9.80 Å². The number of nitrogens with zero attached hydrogens (tertiary/aromatic N) is 7. The molecule has 0 aliphatic carbocycles. The Morgan fingerprint density at radius 1 is 1.30 bits per heavy atom. The quantitative estimate of drug-likeness (QED) is 0.773. The van der Waals surface area contributed by atoms with Gasteiger partial charge in [-0.3, -0.25) is 14.8 Å². The van der Waals surface area contributed by atoms with Crippen molar-refractivity contribution in [2.75, 3.05) is 27.2 Å². The molecule has 0 N–H and O–H groups in total. The largest absolute Gasteiger partial charge is 0.339 e. The molecule has 1 aliphatic heterocycles. The third-order valence-electron chi connectivity index (χ3n) is 4.27. The summed E-state index contributed by atoms with van der Waals surface area (Å²) in [6.07, 6.45) is 9.58. The van der Waals surface area contributed by atoms with E-state index in [1.807, 2.05) is 29.9 Å². The van der Waals surface area contributed by atoms with E-state index in [1.54, 1.807) is 24.8 Å². The van der Waals surface area contributed by atoms with Crippen LogP contribution in [0.25, 0.3) is 0 Å². The summed E-state index contributed by atoms with van der Waals surface area (Å²) in [6, 6.07) is 0.366. The molecule has 0 bridgehead atoms. The fraction of sp³-hybridized carbons (Fsp3) is 0.533. The molecule has 8 nitrogen and oxygen atoms in total. The molecule has 0 aromatic carbocycles. The molecule has 0 spiro atoms. The van der Waals surface area contributed by atoms with E-state index in [2.05, 4.69) is 25.2 Å². The van der Waals surface area contributed by atoms with E-state index in [9.17, 15) is 4.79 Å². The summed E-state index contributed by atoms with van der Waals surface area (Å²) in [6.45, 7) is 1.36. The first kappa shape index (κ1) is 15.5. The predicted molar refractivity (Wildman–Crippen MR) is 83.5 cm³/mol. The van der Waals surface area contributed by atoms with Crippen LogP contribution in [0.3, 0.4) is 0 Å². The summed E-state index contributed by atoms with van der Waals surface area (Å²) in [5.41, 5.74) is 0.844. The van der Waals surface area contributed by atoms with Crippen molar-refractivity contribution in [3.05, 3.63) is 36.7 Å². The second-order valence-electron chi connectivity index (χ2n) is 5.98. The first-order valence-electron chi connectivity index (χ1n) is 7.70. The molecule has 0 saturated carbocycles. The molecule has 1 aliphatic rings. The molecule has 1 fully saturated rings. The van der Waals surface area contributed by atoms with Gasteiger partial charge in [-0.25, -0.2) is 4.68 Å². The number of rotatable bonds is 5. The Hall–Kier alpha value is -2.35. The molecule has 122 valence electrons. The zero-order valence-electron chi connectivity index (χ0n) is 13.4. The van der Waals surface area contributed by atoms with E-state index in [0.29, 0.717) is 25.9 Å². The lowest BCUT2D eigenvalue weighted by molar-refractivity contribution is -0.130. The van der Waals surface area contributed by atoms with E-state index in [4.69, 9.17) is 0 Å². The Labute approximate surface area is 135 Å². The van der Waals surface area contributed by atoms with Crippen LogP contribution in [0.2, 0.25) is 0 Å². The SMILES string of the molecule is CN(C)[C@@H]1CN(C(=O)CCc2cnccn2)C[C@@H]1n1ccnn1. The third kappa shape index (κ3) is 3.53. The van der Waals surface area contributed by atoms with Crippen LogP contribution in [0, 0.1) is 0 Å². The zero-order chi connectivity index (χ0) is 16.2. The van der Waals surface area contributed by atoms with Crippen molar-refractivity contribution in [1.82, 2.24) is 34.8 Å². The Kier molecular flexibility index (Phi) is 4.61. The van der Waals surface area contributed by atoms with Crippen molar-refractivity contribution in [1.29, 1.82) is 0 Å². The van der Waals surface area contributed by atoms with Gasteiger partial charge in [0.05, 0.1) is 24.0 Å². The molecule has 0 unspecified atom stereocenters. The summed E-state index contributed by atoms with van der Waals surface area (Å²) in [5.74, 6) is 0.144. The number of aromatic nitrogens is 5. The van der Waals surface area contributed by atoms with Gasteiger partial charge in [0.15, 0.2) is 0 Å². The van der Waals surface area contributed by atoms with E-state index in [0.717, 1.165) is 5.69 Å². The van der Waals surface area contributed by atoms with Crippen LogP contribution in [0.5, 0.6) is 0 Å². The highest BCUT2D eigenvalue weighted by Crippen LogP contribution is 2.25. The number of aryl methyl sites for hydroxylation is 1. The molecular formula is C15H21N7O. The standard InChI is InChI=1S/C15H21N7O/c1-20(2)13-10-21(11-14(13)22-8-7-18-19-22)15(23)4-3-12-9-16-5-6-17-12/h5-9,13-14H,3-4,10-11H2,1-2H3/t13-,14+/m1/s1. The monoisotopic (exact) mass is 315 g/mol. The maximum Gasteiger partial charge on any atom is 0.223 e. The molecule has 2 aromatic rings. The van der Waals surface area contributed by atoms with Crippen LogP contribution in [0.1, 0.15) is 18.2 Å². The number of carbonyl (C=O) groups is 1. The zero-order valence-corrected chi connectivity index (χ0v) is 13.4. The molecule has 3 heterocycles. The minimum absolute atomic E-state index is 0.132. The molecule has 2 aromatic heterocycles. The second-order valence-corrected chi connectivity index (χ2v) is 5.98. The van der Waals surface area contributed by atoms with Crippen LogP contribution < -0.4 is 0 Å². The van der Waals surface area contributed by atoms with Crippen molar-refractivity contribution >= 4 is 5.91 Å². The molecule has 3 rings (SSSR count). The van der Waals surface area contributed by atoms with Crippen molar-refractivity contribution in [3.8, 4) is 0 Å². The van der Waals surface area contributed by atoms with E-state index in [1.165, 1.54) is 0 Å². The Morgan fingerprint density at radius 3 is 2.83 bits per heavy atom. The highest BCUT2D eigenvalue weighted by Gasteiger charge is 2.37.